The zero-order chi connectivity index (χ0) is 8.20. The Hall–Kier alpha value is 0. The molecule has 0 aromatic heterocycles. The van der Waals surface area contributed by atoms with Gasteiger partial charge in [0.15, 0.2) is 0 Å². The van der Waals surface area contributed by atoms with Gasteiger partial charge in [-0.1, -0.05) is 34.1 Å². The fourth-order valence-electron chi connectivity index (χ4n) is 1.17. The normalized spacial score (nSPS) is 15.3. The average molecular weight is 140 g/mol. The molecule has 0 bridgehead atoms. The molecule has 0 spiro atoms. The lowest BCUT2D eigenvalue weighted by Gasteiger charge is -2.25. The van der Waals surface area contributed by atoms with Crippen LogP contribution < -0.4 is 0 Å². The Labute approximate surface area is 66.0 Å². The van der Waals surface area contributed by atoms with E-state index in [2.05, 4.69) is 27.7 Å². The third-order valence-electron chi connectivity index (χ3n) is 2.26. The SMILES string of the molecule is [CH]CC(C)CC(C)(C)CC. The van der Waals surface area contributed by atoms with Crippen LogP contribution in [0.25, 0.3) is 0 Å². The summed E-state index contributed by atoms with van der Waals surface area (Å²) in [5.74, 6) is 0.676. The van der Waals surface area contributed by atoms with Gasteiger partial charge in [0.25, 0.3) is 0 Å². The fourth-order valence-corrected chi connectivity index (χ4v) is 1.17. The van der Waals surface area contributed by atoms with E-state index in [0.29, 0.717) is 11.3 Å². The molecular weight excluding hydrogens is 120 g/mol. The van der Waals surface area contributed by atoms with Crippen LogP contribution in [-0.4, -0.2) is 0 Å². The molecule has 60 valence electrons. The van der Waals surface area contributed by atoms with E-state index < -0.39 is 0 Å². The van der Waals surface area contributed by atoms with Crippen molar-refractivity contribution in [3.8, 4) is 0 Å². The van der Waals surface area contributed by atoms with Gasteiger partial charge in [-0.05, 0) is 31.1 Å². The largest absolute Gasteiger partial charge is 0.0649 e. The second-order valence-corrected chi connectivity index (χ2v) is 4.06. The van der Waals surface area contributed by atoms with Crippen LogP contribution in [0.5, 0.6) is 0 Å². The van der Waals surface area contributed by atoms with E-state index >= 15 is 0 Å². The van der Waals surface area contributed by atoms with Gasteiger partial charge < -0.3 is 0 Å². The molecule has 0 aliphatic heterocycles. The average Bonchev–Trinajstić information content (AvgIpc) is 1.87. The molecule has 0 rings (SSSR count). The molecule has 0 aromatic carbocycles. The van der Waals surface area contributed by atoms with Gasteiger partial charge in [0, 0.05) is 0 Å². The van der Waals surface area contributed by atoms with Crippen molar-refractivity contribution in [2.75, 3.05) is 0 Å². The maximum Gasteiger partial charge on any atom is -0.0349 e. The standard InChI is InChI=1S/C10H20/c1-6-9(3)8-10(4,5)7-2/h1,9H,6-8H2,2-5H3. The summed E-state index contributed by atoms with van der Waals surface area (Å²) in [5, 5.41) is 0. The van der Waals surface area contributed by atoms with Crippen molar-refractivity contribution < 1.29 is 0 Å². The molecule has 2 radical (unpaired) electrons. The van der Waals surface area contributed by atoms with Gasteiger partial charge >= 0.3 is 0 Å². The van der Waals surface area contributed by atoms with Crippen molar-refractivity contribution in [2.45, 2.75) is 47.0 Å². The molecule has 0 nitrogen and oxygen atoms in total. The van der Waals surface area contributed by atoms with Crippen molar-refractivity contribution in [1.82, 2.24) is 0 Å². The number of hydrogen-bond donors (Lipinski definition) is 0. The fraction of sp³-hybridized carbons (Fsp3) is 0.900. The summed E-state index contributed by atoms with van der Waals surface area (Å²) in [4.78, 5) is 0. The van der Waals surface area contributed by atoms with Gasteiger partial charge in [0.1, 0.15) is 0 Å². The lowest BCUT2D eigenvalue weighted by molar-refractivity contribution is 0.267. The van der Waals surface area contributed by atoms with E-state index in [-0.39, 0.29) is 0 Å². The Balaban J connectivity index is 3.64. The Morgan fingerprint density at radius 2 is 1.90 bits per heavy atom. The van der Waals surface area contributed by atoms with Crippen molar-refractivity contribution >= 4 is 0 Å². The summed E-state index contributed by atoms with van der Waals surface area (Å²) in [5.41, 5.74) is 0.485. The van der Waals surface area contributed by atoms with Gasteiger partial charge in [0.05, 0.1) is 0 Å². The van der Waals surface area contributed by atoms with Crippen molar-refractivity contribution in [3.05, 3.63) is 6.92 Å². The van der Waals surface area contributed by atoms with Gasteiger partial charge in [-0.25, -0.2) is 0 Å². The number of rotatable bonds is 4. The Kier molecular flexibility index (Phi) is 4.00. The highest BCUT2D eigenvalue weighted by Gasteiger charge is 2.17. The van der Waals surface area contributed by atoms with Gasteiger partial charge in [-0.15, -0.1) is 0 Å². The third-order valence-corrected chi connectivity index (χ3v) is 2.26. The van der Waals surface area contributed by atoms with Crippen LogP contribution in [0.1, 0.15) is 47.0 Å². The molecule has 0 saturated carbocycles. The predicted octanol–water partition coefficient (Wildman–Crippen LogP) is 3.55. The molecule has 0 saturated heterocycles. The second kappa shape index (κ2) is 4.00. The minimum Gasteiger partial charge on any atom is -0.0649 e. The maximum absolute atomic E-state index is 5.53. The van der Waals surface area contributed by atoms with Gasteiger partial charge in [-0.2, -0.15) is 0 Å². The van der Waals surface area contributed by atoms with E-state index in [1.165, 1.54) is 12.8 Å². The predicted molar refractivity (Wildman–Crippen MR) is 46.8 cm³/mol. The molecule has 0 N–H and O–H groups in total. The summed E-state index contributed by atoms with van der Waals surface area (Å²) in [6.45, 7) is 14.6. The maximum atomic E-state index is 5.53. The van der Waals surface area contributed by atoms with Crippen LogP contribution in [0.3, 0.4) is 0 Å². The van der Waals surface area contributed by atoms with Crippen LogP contribution in [0, 0.1) is 18.3 Å². The van der Waals surface area contributed by atoms with Crippen LogP contribution in [-0.2, 0) is 0 Å². The van der Waals surface area contributed by atoms with E-state index in [9.17, 15) is 0 Å². The number of hydrogen-bond acceptors (Lipinski definition) is 0. The first-order valence-electron chi connectivity index (χ1n) is 4.22. The monoisotopic (exact) mass is 140 g/mol. The first-order chi connectivity index (χ1) is 4.52. The van der Waals surface area contributed by atoms with E-state index in [1.54, 1.807) is 0 Å². The summed E-state index contributed by atoms with van der Waals surface area (Å²) < 4.78 is 0. The highest BCUT2D eigenvalue weighted by molar-refractivity contribution is 4.70. The van der Waals surface area contributed by atoms with Crippen LogP contribution in [0.2, 0.25) is 0 Å². The third kappa shape index (κ3) is 3.92. The molecule has 10 heavy (non-hydrogen) atoms. The highest BCUT2D eigenvalue weighted by Crippen LogP contribution is 2.29. The van der Waals surface area contributed by atoms with E-state index in [1.807, 2.05) is 0 Å². The molecule has 0 heterocycles. The minimum absolute atomic E-state index is 0.485. The molecular formula is C10H20. The quantitative estimate of drug-likeness (QED) is 0.560. The Morgan fingerprint density at radius 1 is 1.40 bits per heavy atom. The molecule has 0 fully saturated rings. The minimum atomic E-state index is 0.485. The van der Waals surface area contributed by atoms with Crippen LogP contribution >= 0.6 is 0 Å². The lowest BCUT2D eigenvalue weighted by Crippen LogP contribution is -2.13. The Bertz CT molecular complexity index is 82.0. The summed E-state index contributed by atoms with van der Waals surface area (Å²) in [6.07, 6.45) is 3.32. The van der Waals surface area contributed by atoms with Gasteiger partial charge in [-0.3, -0.25) is 0 Å². The Morgan fingerprint density at radius 3 is 2.20 bits per heavy atom. The van der Waals surface area contributed by atoms with Gasteiger partial charge in [0.2, 0.25) is 0 Å². The van der Waals surface area contributed by atoms with E-state index in [0.717, 1.165) is 6.42 Å². The second-order valence-electron chi connectivity index (χ2n) is 4.06. The summed E-state index contributed by atoms with van der Waals surface area (Å²) >= 11 is 0. The van der Waals surface area contributed by atoms with Crippen LogP contribution in [0.15, 0.2) is 0 Å². The molecule has 0 aliphatic rings. The van der Waals surface area contributed by atoms with Crippen molar-refractivity contribution in [2.24, 2.45) is 11.3 Å². The highest BCUT2D eigenvalue weighted by atomic mass is 14.2. The molecule has 1 unspecified atom stereocenters. The summed E-state index contributed by atoms with van der Waals surface area (Å²) in [7, 11) is 0. The molecule has 0 heteroatoms. The zero-order valence-electron chi connectivity index (χ0n) is 7.78. The topological polar surface area (TPSA) is 0 Å². The molecule has 0 amide bonds. The van der Waals surface area contributed by atoms with Crippen molar-refractivity contribution in [1.29, 1.82) is 0 Å². The molecule has 0 aromatic rings. The van der Waals surface area contributed by atoms with E-state index in [4.69, 9.17) is 6.92 Å². The summed E-state index contributed by atoms with van der Waals surface area (Å²) in [6, 6.07) is 0. The first-order valence-corrected chi connectivity index (χ1v) is 4.22. The first kappa shape index (κ1) is 10.0. The van der Waals surface area contributed by atoms with Crippen LogP contribution in [0.4, 0.5) is 0 Å². The zero-order valence-corrected chi connectivity index (χ0v) is 7.78. The van der Waals surface area contributed by atoms with Crippen molar-refractivity contribution in [3.63, 3.8) is 0 Å². The lowest BCUT2D eigenvalue weighted by atomic mass is 9.80. The molecule has 0 aliphatic carbocycles. The smallest absolute Gasteiger partial charge is 0.0349 e. The molecule has 1 atom stereocenters.